The van der Waals surface area contributed by atoms with E-state index in [2.05, 4.69) is 10.3 Å². The molecule has 5 heteroatoms. The van der Waals surface area contributed by atoms with Gasteiger partial charge in [-0.3, -0.25) is 14.6 Å². The molecule has 1 heterocycles. The second kappa shape index (κ2) is 6.83. The predicted molar refractivity (Wildman–Crippen MR) is 92.3 cm³/mol. The van der Waals surface area contributed by atoms with Crippen LogP contribution >= 0.6 is 0 Å². The Kier molecular flexibility index (Phi) is 4.60. The van der Waals surface area contributed by atoms with Crippen LogP contribution in [-0.4, -0.2) is 35.3 Å². The van der Waals surface area contributed by atoms with Gasteiger partial charge in [-0.15, -0.1) is 0 Å². The molecule has 24 heavy (non-hydrogen) atoms. The van der Waals surface area contributed by atoms with Gasteiger partial charge in [-0.1, -0.05) is 18.2 Å². The van der Waals surface area contributed by atoms with Crippen LogP contribution in [0.3, 0.4) is 0 Å². The van der Waals surface area contributed by atoms with Crippen LogP contribution in [0, 0.1) is 5.41 Å². The molecule has 0 radical (unpaired) electrons. The average Bonchev–Trinajstić information content (AvgIpc) is 3.43. The SMILES string of the molecule is CN(CCc1ccncc1)C(=O)C1(C(=O)Nc2ccccc2)CC1. The number of hydrogen-bond donors (Lipinski definition) is 1. The monoisotopic (exact) mass is 323 g/mol. The number of para-hydroxylation sites is 1. The summed E-state index contributed by atoms with van der Waals surface area (Å²) in [5.74, 6) is -0.292. The Bertz CT molecular complexity index is 712. The fourth-order valence-electron chi connectivity index (χ4n) is 2.75. The minimum atomic E-state index is -0.886. The van der Waals surface area contributed by atoms with E-state index in [9.17, 15) is 9.59 Å². The van der Waals surface area contributed by atoms with Gasteiger partial charge in [0.05, 0.1) is 0 Å². The molecule has 0 spiro atoms. The van der Waals surface area contributed by atoms with Crippen molar-refractivity contribution in [2.24, 2.45) is 5.41 Å². The highest BCUT2D eigenvalue weighted by molar-refractivity contribution is 6.12. The topological polar surface area (TPSA) is 62.3 Å². The molecule has 1 N–H and O–H groups in total. The zero-order chi connectivity index (χ0) is 17.0. The van der Waals surface area contributed by atoms with Gasteiger partial charge in [-0.05, 0) is 49.1 Å². The lowest BCUT2D eigenvalue weighted by Crippen LogP contribution is -2.41. The lowest BCUT2D eigenvalue weighted by Gasteiger charge is -2.23. The van der Waals surface area contributed by atoms with Crippen LogP contribution in [0.1, 0.15) is 18.4 Å². The fourth-order valence-corrected chi connectivity index (χ4v) is 2.75. The molecule has 3 rings (SSSR count). The van der Waals surface area contributed by atoms with E-state index in [1.165, 1.54) is 0 Å². The number of anilines is 1. The maximum absolute atomic E-state index is 12.7. The van der Waals surface area contributed by atoms with Crippen molar-refractivity contribution in [3.05, 3.63) is 60.4 Å². The molecule has 1 aliphatic rings. The molecule has 1 aromatic heterocycles. The Morgan fingerprint density at radius 1 is 1.12 bits per heavy atom. The Hall–Kier alpha value is -2.69. The molecule has 0 unspecified atom stereocenters. The van der Waals surface area contributed by atoms with E-state index < -0.39 is 5.41 Å². The highest BCUT2D eigenvalue weighted by Gasteiger charge is 2.57. The molecular weight excluding hydrogens is 302 g/mol. The molecule has 1 aliphatic carbocycles. The molecule has 2 aromatic rings. The van der Waals surface area contributed by atoms with Crippen LogP contribution in [0.2, 0.25) is 0 Å². The minimum Gasteiger partial charge on any atom is -0.344 e. The van der Waals surface area contributed by atoms with Crippen LogP contribution in [0.4, 0.5) is 5.69 Å². The van der Waals surface area contributed by atoms with E-state index in [0.29, 0.717) is 19.4 Å². The first-order valence-electron chi connectivity index (χ1n) is 8.13. The number of pyridine rings is 1. The number of carbonyl (C=O) groups excluding carboxylic acids is 2. The van der Waals surface area contributed by atoms with Gasteiger partial charge < -0.3 is 10.2 Å². The summed E-state index contributed by atoms with van der Waals surface area (Å²) in [5.41, 5.74) is 0.965. The predicted octanol–water partition coefficient (Wildman–Crippen LogP) is 2.50. The van der Waals surface area contributed by atoms with E-state index in [1.807, 2.05) is 42.5 Å². The van der Waals surface area contributed by atoms with E-state index in [-0.39, 0.29) is 11.8 Å². The molecule has 0 bridgehead atoms. The smallest absolute Gasteiger partial charge is 0.240 e. The van der Waals surface area contributed by atoms with E-state index >= 15 is 0 Å². The minimum absolute atomic E-state index is 0.0926. The number of hydrogen-bond acceptors (Lipinski definition) is 3. The van der Waals surface area contributed by atoms with Crippen molar-refractivity contribution in [1.29, 1.82) is 0 Å². The Balaban J connectivity index is 1.59. The van der Waals surface area contributed by atoms with E-state index in [0.717, 1.165) is 17.7 Å². The molecule has 1 aromatic carbocycles. The number of nitrogens with zero attached hydrogens (tertiary/aromatic N) is 2. The summed E-state index contributed by atoms with van der Waals surface area (Å²) in [7, 11) is 1.76. The molecule has 0 saturated heterocycles. The van der Waals surface area contributed by atoms with Gasteiger partial charge in [0.2, 0.25) is 11.8 Å². The second-order valence-corrected chi connectivity index (χ2v) is 6.23. The third-order valence-electron chi connectivity index (χ3n) is 4.46. The summed E-state index contributed by atoms with van der Waals surface area (Å²) in [5, 5.41) is 2.86. The third kappa shape index (κ3) is 3.45. The summed E-state index contributed by atoms with van der Waals surface area (Å²) in [6, 6.07) is 13.1. The number of benzene rings is 1. The van der Waals surface area contributed by atoms with Gasteiger partial charge in [0.25, 0.3) is 0 Å². The maximum atomic E-state index is 12.7. The molecule has 2 amide bonds. The van der Waals surface area contributed by atoms with Gasteiger partial charge in [0.1, 0.15) is 5.41 Å². The highest BCUT2D eigenvalue weighted by Crippen LogP contribution is 2.48. The first kappa shape index (κ1) is 16.2. The first-order valence-corrected chi connectivity index (χ1v) is 8.13. The quantitative estimate of drug-likeness (QED) is 0.831. The second-order valence-electron chi connectivity index (χ2n) is 6.23. The van der Waals surface area contributed by atoms with Crippen molar-refractivity contribution in [2.45, 2.75) is 19.3 Å². The van der Waals surface area contributed by atoms with Crippen molar-refractivity contribution in [3.63, 3.8) is 0 Å². The van der Waals surface area contributed by atoms with E-state index in [4.69, 9.17) is 0 Å². The van der Waals surface area contributed by atoms with Crippen molar-refractivity contribution in [1.82, 2.24) is 9.88 Å². The molecular formula is C19H21N3O2. The largest absolute Gasteiger partial charge is 0.344 e. The number of carbonyl (C=O) groups is 2. The molecule has 5 nitrogen and oxygen atoms in total. The molecule has 0 aliphatic heterocycles. The summed E-state index contributed by atoms with van der Waals surface area (Å²) in [6.45, 7) is 0.587. The Morgan fingerprint density at radius 2 is 1.79 bits per heavy atom. The van der Waals surface area contributed by atoms with E-state index in [1.54, 1.807) is 24.3 Å². The first-order chi connectivity index (χ1) is 11.6. The van der Waals surface area contributed by atoms with Gasteiger partial charge in [-0.2, -0.15) is 0 Å². The number of aromatic nitrogens is 1. The lowest BCUT2D eigenvalue weighted by atomic mass is 10.0. The van der Waals surface area contributed by atoms with Crippen LogP contribution in [0.25, 0.3) is 0 Å². The summed E-state index contributed by atoms with van der Waals surface area (Å²) >= 11 is 0. The zero-order valence-electron chi connectivity index (χ0n) is 13.7. The fraction of sp³-hybridized carbons (Fsp3) is 0.316. The van der Waals surface area contributed by atoms with Crippen molar-refractivity contribution >= 4 is 17.5 Å². The van der Waals surface area contributed by atoms with Crippen molar-refractivity contribution < 1.29 is 9.59 Å². The highest BCUT2D eigenvalue weighted by atomic mass is 16.2. The molecule has 0 atom stereocenters. The average molecular weight is 323 g/mol. The molecule has 1 fully saturated rings. The lowest BCUT2D eigenvalue weighted by molar-refractivity contribution is -0.141. The van der Waals surface area contributed by atoms with Crippen LogP contribution in [0.15, 0.2) is 54.9 Å². The maximum Gasteiger partial charge on any atom is 0.240 e. The Morgan fingerprint density at radius 3 is 2.42 bits per heavy atom. The summed E-state index contributed by atoms with van der Waals surface area (Å²) < 4.78 is 0. The number of nitrogens with one attached hydrogen (secondary N) is 1. The number of amides is 2. The molecule has 1 saturated carbocycles. The standard InChI is InChI=1S/C19H21N3O2/c1-22(14-9-15-7-12-20-13-8-15)18(24)19(10-11-19)17(23)21-16-5-3-2-4-6-16/h2-8,12-13H,9-11,14H2,1H3,(H,21,23). The van der Waals surface area contributed by atoms with Gasteiger partial charge >= 0.3 is 0 Å². The summed E-state index contributed by atoms with van der Waals surface area (Å²) in [4.78, 5) is 30.9. The van der Waals surface area contributed by atoms with Crippen LogP contribution in [0.5, 0.6) is 0 Å². The van der Waals surface area contributed by atoms with Crippen molar-refractivity contribution in [3.8, 4) is 0 Å². The van der Waals surface area contributed by atoms with Gasteiger partial charge in [0, 0.05) is 31.7 Å². The Labute approximate surface area is 141 Å². The third-order valence-corrected chi connectivity index (χ3v) is 4.46. The number of likely N-dealkylation sites (N-methyl/N-ethyl adjacent to an activating group) is 1. The normalized spacial score (nSPS) is 14.7. The number of rotatable bonds is 6. The van der Waals surface area contributed by atoms with Crippen molar-refractivity contribution in [2.75, 3.05) is 18.9 Å². The van der Waals surface area contributed by atoms with Crippen LogP contribution < -0.4 is 5.32 Å². The molecule has 124 valence electrons. The zero-order valence-corrected chi connectivity index (χ0v) is 13.7. The van der Waals surface area contributed by atoms with Gasteiger partial charge in [-0.25, -0.2) is 0 Å². The van der Waals surface area contributed by atoms with Gasteiger partial charge in [0.15, 0.2) is 0 Å². The van der Waals surface area contributed by atoms with Crippen LogP contribution in [-0.2, 0) is 16.0 Å². The summed E-state index contributed by atoms with van der Waals surface area (Å²) in [6.07, 6.45) is 5.47.